The number of carbonyl (C=O) groups is 2. The lowest BCUT2D eigenvalue weighted by Crippen LogP contribution is -2.54. The number of amides is 2. The maximum Gasteiger partial charge on any atom is 0.272 e. The summed E-state index contributed by atoms with van der Waals surface area (Å²) in [7, 11) is 3.93. The van der Waals surface area contributed by atoms with Crippen LogP contribution in [0.25, 0.3) is 0 Å². The molecule has 0 unspecified atom stereocenters. The van der Waals surface area contributed by atoms with E-state index < -0.39 is 0 Å². The number of carbonyl (C=O) groups excluding carboxylic acids is 2. The molecule has 0 bridgehead atoms. The molecule has 4 heterocycles. The van der Waals surface area contributed by atoms with Crippen LogP contribution in [0.4, 0.5) is 0 Å². The van der Waals surface area contributed by atoms with E-state index in [0.29, 0.717) is 17.6 Å². The van der Waals surface area contributed by atoms with Crippen LogP contribution in [0.3, 0.4) is 0 Å². The molecule has 0 N–H and O–H groups in total. The Morgan fingerprint density at radius 3 is 2.31 bits per heavy atom. The lowest BCUT2D eigenvalue weighted by atomic mass is 9.92. The van der Waals surface area contributed by atoms with E-state index in [4.69, 9.17) is 0 Å². The van der Waals surface area contributed by atoms with Crippen LogP contribution in [-0.4, -0.2) is 107 Å². The third-order valence-electron chi connectivity index (χ3n) is 6.93. The van der Waals surface area contributed by atoms with Crippen molar-refractivity contribution in [3.8, 4) is 0 Å². The van der Waals surface area contributed by atoms with E-state index in [1.54, 1.807) is 16.9 Å². The largest absolute Gasteiger partial charge is 0.340 e. The molecule has 1 atom stereocenters. The van der Waals surface area contributed by atoms with Crippen molar-refractivity contribution < 1.29 is 9.59 Å². The molecule has 8 heteroatoms. The van der Waals surface area contributed by atoms with Crippen LogP contribution in [0, 0.1) is 5.92 Å². The van der Waals surface area contributed by atoms with Gasteiger partial charge in [0.05, 0.1) is 5.92 Å². The van der Waals surface area contributed by atoms with Crippen molar-refractivity contribution in [2.24, 2.45) is 13.0 Å². The molecular formula is C21H34N6O2. The highest BCUT2D eigenvalue weighted by atomic mass is 16.2. The van der Waals surface area contributed by atoms with Crippen LogP contribution in [0.1, 0.15) is 36.2 Å². The van der Waals surface area contributed by atoms with E-state index in [1.165, 1.54) is 0 Å². The van der Waals surface area contributed by atoms with Gasteiger partial charge >= 0.3 is 0 Å². The van der Waals surface area contributed by atoms with E-state index in [0.717, 1.165) is 78.0 Å². The minimum atomic E-state index is 0.0743. The summed E-state index contributed by atoms with van der Waals surface area (Å²) < 4.78 is 1.65. The SMILES string of the molecule is CN1CCN(C(=O)[C@@H]2CCCN(C3CCN(C(=O)c4ccnn4C)CC3)C2)CC1. The molecule has 1 aromatic rings. The molecule has 0 saturated carbocycles. The van der Waals surface area contributed by atoms with E-state index in [9.17, 15) is 9.59 Å². The predicted octanol–water partition coefficient (Wildman–Crippen LogP) is 0.511. The van der Waals surface area contributed by atoms with Crippen LogP contribution < -0.4 is 0 Å². The van der Waals surface area contributed by atoms with Gasteiger partial charge in [-0.15, -0.1) is 0 Å². The number of likely N-dealkylation sites (N-methyl/N-ethyl adjacent to an activating group) is 1. The summed E-state index contributed by atoms with van der Waals surface area (Å²) in [4.78, 5) is 34.5. The summed E-state index contributed by atoms with van der Waals surface area (Å²) in [6.07, 6.45) is 5.75. The van der Waals surface area contributed by atoms with Crippen molar-refractivity contribution in [3.63, 3.8) is 0 Å². The first-order valence-corrected chi connectivity index (χ1v) is 11.0. The summed E-state index contributed by atoms with van der Waals surface area (Å²) in [6.45, 7) is 7.19. The van der Waals surface area contributed by atoms with Gasteiger partial charge in [0.1, 0.15) is 5.69 Å². The zero-order valence-electron chi connectivity index (χ0n) is 17.8. The molecule has 4 rings (SSSR count). The number of hydrogen-bond donors (Lipinski definition) is 0. The second kappa shape index (κ2) is 8.83. The Labute approximate surface area is 173 Å². The fourth-order valence-corrected chi connectivity index (χ4v) is 5.00. The Hall–Kier alpha value is -1.93. The van der Waals surface area contributed by atoms with Crippen molar-refractivity contribution in [2.75, 3.05) is 59.4 Å². The summed E-state index contributed by atoms with van der Waals surface area (Å²) in [5.41, 5.74) is 0.652. The van der Waals surface area contributed by atoms with E-state index in [-0.39, 0.29) is 11.8 Å². The number of piperidine rings is 2. The minimum absolute atomic E-state index is 0.0743. The lowest BCUT2D eigenvalue weighted by molar-refractivity contribution is -0.139. The van der Waals surface area contributed by atoms with Gasteiger partial charge in [0, 0.05) is 65.1 Å². The topological polar surface area (TPSA) is 64.9 Å². The summed E-state index contributed by atoms with van der Waals surface area (Å²) in [6, 6.07) is 2.27. The molecule has 0 aliphatic carbocycles. The molecule has 0 spiro atoms. The van der Waals surface area contributed by atoms with Crippen molar-refractivity contribution in [1.29, 1.82) is 0 Å². The van der Waals surface area contributed by atoms with Gasteiger partial charge in [-0.1, -0.05) is 0 Å². The third-order valence-corrected chi connectivity index (χ3v) is 6.93. The first-order chi connectivity index (χ1) is 14.0. The summed E-state index contributed by atoms with van der Waals surface area (Å²) in [5.74, 6) is 0.568. The van der Waals surface area contributed by atoms with Gasteiger partial charge in [0.15, 0.2) is 0 Å². The number of likely N-dealkylation sites (tertiary alicyclic amines) is 2. The molecule has 160 valence electrons. The van der Waals surface area contributed by atoms with Crippen LogP contribution in [0.2, 0.25) is 0 Å². The minimum Gasteiger partial charge on any atom is -0.340 e. The predicted molar refractivity (Wildman–Crippen MR) is 111 cm³/mol. The number of rotatable bonds is 3. The smallest absolute Gasteiger partial charge is 0.272 e. The van der Waals surface area contributed by atoms with Crippen LogP contribution in [0.15, 0.2) is 12.3 Å². The summed E-state index contributed by atoms with van der Waals surface area (Å²) in [5, 5.41) is 4.11. The Bertz CT molecular complexity index is 719. The first kappa shape index (κ1) is 20.3. The first-order valence-electron chi connectivity index (χ1n) is 11.0. The highest BCUT2D eigenvalue weighted by Crippen LogP contribution is 2.26. The van der Waals surface area contributed by atoms with Crippen LogP contribution in [0.5, 0.6) is 0 Å². The van der Waals surface area contributed by atoms with Crippen molar-refractivity contribution >= 4 is 11.8 Å². The standard InChI is InChI=1S/C21H34N6O2/c1-23-12-14-26(15-13-23)20(28)17-4-3-9-27(16-17)18-6-10-25(11-7-18)21(29)19-5-8-22-24(19)2/h5,8,17-18H,3-4,6-7,9-16H2,1-2H3/t17-/m1/s1. The average molecular weight is 403 g/mol. The van der Waals surface area contributed by atoms with E-state index >= 15 is 0 Å². The van der Waals surface area contributed by atoms with Gasteiger partial charge in [-0.05, 0) is 45.3 Å². The maximum atomic E-state index is 13.0. The van der Waals surface area contributed by atoms with Crippen molar-refractivity contribution in [3.05, 3.63) is 18.0 Å². The number of aromatic nitrogens is 2. The fraction of sp³-hybridized carbons (Fsp3) is 0.762. The molecule has 1 aromatic heterocycles. The fourth-order valence-electron chi connectivity index (χ4n) is 5.00. The Morgan fingerprint density at radius 1 is 0.931 bits per heavy atom. The van der Waals surface area contributed by atoms with Gasteiger partial charge in [-0.2, -0.15) is 5.10 Å². The van der Waals surface area contributed by atoms with Gasteiger partial charge in [0.25, 0.3) is 5.91 Å². The molecular weight excluding hydrogens is 368 g/mol. The van der Waals surface area contributed by atoms with E-state index in [1.807, 2.05) is 11.9 Å². The number of hydrogen-bond acceptors (Lipinski definition) is 5. The third kappa shape index (κ3) is 4.48. The van der Waals surface area contributed by atoms with Gasteiger partial charge < -0.3 is 14.7 Å². The van der Waals surface area contributed by atoms with Crippen molar-refractivity contribution in [1.82, 2.24) is 29.4 Å². The Kier molecular flexibility index (Phi) is 6.20. The van der Waals surface area contributed by atoms with Gasteiger partial charge in [0.2, 0.25) is 5.91 Å². The second-order valence-corrected chi connectivity index (χ2v) is 8.83. The quantitative estimate of drug-likeness (QED) is 0.737. The molecule has 0 radical (unpaired) electrons. The van der Waals surface area contributed by atoms with Gasteiger partial charge in [-0.25, -0.2) is 0 Å². The van der Waals surface area contributed by atoms with Crippen LogP contribution >= 0.6 is 0 Å². The summed E-state index contributed by atoms with van der Waals surface area (Å²) >= 11 is 0. The zero-order valence-corrected chi connectivity index (χ0v) is 17.8. The number of aryl methyl sites for hydroxylation is 1. The molecule has 0 aromatic carbocycles. The monoisotopic (exact) mass is 402 g/mol. The number of piperazine rings is 1. The molecule has 3 saturated heterocycles. The molecule has 3 aliphatic heterocycles. The van der Waals surface area contributed by atoms with Crippen molar-refractivity contribution in [2.45, 2.75) is 31.7 Å². The normalized spacial score (nSPS) is 25.4. The molecule has 2 amide bonds. The molecule has 3 fully saturated rings. The maximum absolute atomic E-state index is 13.0. The molecule has 29 heavy (non-hydrogen) atoms. The van der Waals surface area contributed by atoms with Crippen LogP contribution in [-0.2, 0) is 11.8 Å². The zero-order chi connectivity index (χ0) is 20.4. The molecule has 3 aliphatic rings. The van der Waals surface area contributed by atoms with E-state index in [2.05, 4.69) is 26.8 Å². The number of nitrogens with zero attached hydrogens (tertiary/aromatic N) is 6. The lowest BCUT2D eigenvalue weighted by Gasteiger charge is -2.43. The highest BCUT2D eigenvalue weighted by Gasteiger charge is 2.35. The average Bonchev–Trinajstić information content (AvgIpc) is 3.19. The Morgan fingerprint density at radius 2 is 1.66 bits per heavy atom. The van der Waals surface area contributed by atoms with Gasteiger partial charge in [-0.3, -0.25) is 19.2 Å². The Balaban J connectivity index is 1.29. The molecule has 8 nitrogen and oxygen atoms in total. The second-order valence-electron chi connectivity index (χ2n) is 8.83. The highest BCUT2D eigenvalue weighted by molar-refractivity contribution is 5.92.